The van der Waals surface area contributed by atoms with Crippen LogP contribution < -0.4 is 48.9 Å². The van der Waals surface area contributed by atoms with Gasteiger partial charge in [-0.05, 0) is 127 Å². The van der Waals surface area contributed by atoms with Crippen LogP contribution in [0.1, 0.15) is 74.7 Å². The van der Waals surface area contributed by atoms with Gasteiger partial charge in [-0.15, -0.1) is 0 Å². The maximum Gasteiger partial charge on any atom is 0.288 e. The lowest BCUT2D eigenvalue weighted by molar-refractivity contribution is -0.138. The van der Waals surface area contributed by atoms with Crippen LogP contribution in [-0.2, 0) is 70.0 Å². The highest BCUT2D eigenvalue weighted by atomic mass is 32.2. The Morgan fingerprint density at radius 2 is 1.12 bits per heavy atom. The Morgan fingerprint density at radius 3 is 1.61 bits per heavy atom. The molecule has 5 aliphatic rings. The van der Waals surface area contributed by atoms with Crippen LogP contribution in [0.25, 0.3) is 0 Å². The molecule has 5 N–H and O–H groups in total. The van der Waals surface area contributed by atoms with Crippen LogP contribution in [0.4, 0.5) is 22.7 Å². The van der Waals surface area contributed by atoms with E-state index >= 15 is 0 Å². The summed E-state index contributed by atoms with van der Waals surface area (Å²) in [4.78, 5) is 72.5. The summed E-state index contributed by atoms with van der Waals surface area (Å²) >= 11 is 4.10. The lowest BCUT2D eigenvalue weighted by Gasteiger charge is -2.27. The Balaban J connectivity index is 0.737. The van der Waals surface area contributed by atoms with E-state index in [1.165, 1.54) is 48.3 Å². The second-order valence-corrected chi connectivity index (χ2v) is 29.2. The topological polar surface area (TPSA) is 334 Å². The Hall–Kier alpha value is -8.41. The van der Waals surface area contributed by atoms with E-state index in [9.17, 15) is 54.6 Å². The number of hydrogen-bond acceptors (Lipinski definition) is 21. The van der Waals surface area contributed by atoms with Gasteiger partial charge in [0.15, 0.2) is 33.7 Å². The van der Waals surface area contributed by atoms with Gasteiger partial charge < -0.3 is 63.3 Å². The first-order valence-electron chi connectivity index (χ1n) is 30.0. The van der Waals surface area contributed by atoms with Crippen LogP contribution in [0.3, 0.4) is 0 Å². The van der Waals surface area contributed by atoms with Crippen molar-refractivity contribution in [1.82, 2.24) is 4.90 Å². The molecule has 6 aromatic carbocycles. The fraction of sp³-hybridized carbons (Fsp3) is 0.359. The van der Waals surface area contributed by atoms with Gasteiger partial charge in [0.05, 0.1) is 73.0 Å². The Labute approximate surface area is 547 Å². The number of anilines is 4. The second-order valence-electron chi connectivity index (χ2n) is 22.9. The number of rotatable bonds is 28. The molecule has 30 heteroatoms. The van der Waals surface area contributed by atoms with Gasteiger partial charge in [0.2, 0.25) is 19.2 Å². The van der Waals surface area contributed by atoms with Gasteiger partial charge in [0.25, 0.3) is 32.1 Å². The van der Waals surface area contributed by atoms with E-state index in [0.717, 1.165) is 21.6 Å². The fourth-order valence-corrected chi connectivity index (χ4v) is 15.6. The number of thiol groups is 1. The van der Waals surface area contributed by atoms with E-state index in [1.807, 2.05) is 0 Å². The summed E-state index contributed by atoms with van der Waals surface area (Å²) < 4.78 is 128. The Kier molecular flexibility index (Phi) is 20.2. The Morgan fingerprint density at radius 1 is 0.617 bits per heavy atom. The molecule has 0 aromatic heterocycles. The number of benzene rings is 6. The molecule has 0 bridgehead atoms. The van der Waals surface area contributed by atoms with Gasteiger partial charge >= 0.3 is 0 Å². The molecule has 498 valence electrons. The number of fused-ring (bicyclic) bond motifs is 8. The van der Waals surface area contributed by atoms with Gasteiger partial charge in [-0.2, -0.15) is 29.5 Å². The highest BCUT2D eigenvalue weighted by Crippen LogP contribution is 2.46. The highest BCUT2D eigenvalue weighted by Gasteiger charge is 2.49. The largest absolute Gasteiger partial charge is 0.493 e. The molecule has 0 aliphatic carbocycles. The summed E-state index contributed by atoms with van der Waals surface area (Å²) in [6.07, 6.45) is 0.807. The van der Waals surface area contributed by atoms with Crippen molar-refractivity contribution in [2.24, 2.45) is 5.16 Å². The maximum absolute atomic E-state index is 14.4. The molecule has 5 heterocycles. The second kappa shape index (κ2) is 28.3. The van der Waals surface area contributed by atoms with Crippen LogP contribution in [0, 0.1) is 0 Å². The molecular formula is C64H69N6O20PS3. The molecule has 26 nitrogen and oxygen atoms in total. The first kappa shape index (κ1) is 67.0. The predicted molar refractivity (Wildman–Crippen MR) is 350 cm³/mol. The van der Waals surface area contributed by atoms with E-state index in [2.05, 4.69) is 28.4 Å². The molecule has 0 spiro atoms. The van der Waals surface area contributed by atoms with Gasteiger partial charge in [0.1, 0.15) is 44.5 Å². The third-order valence-electron chi connectivity index (χ3n) is 16.6. The molecule has 94 heavy (non-hydrogen) atoms. The molecule has 4 unspecified atom stereocenters. The van der Waals surface area contributed by atoms with E-state index < -0.39 is 67.5 Å². The molecule has 5 aliphatic heterocycles. The van der Waals surface area contributed by atoms with Crippen LogP contribution >= 0.6 is 20.0 Å². The van der Waals surface area contributed by atoms with Crippen molar-refractivity contribution in [1.29, 1.82) is 0 Å². The summed E-state index contributed by atoms with van der Waals surface area (Å²) in [5, 5.41) is 6.09. The average Bonchev–Trinajstić information content (AvgIpc) is 1.59. The van der Waals surface area contributed by atoms with Crippen LogP contribution in [0.15, 0.2) is 120 Å². The molecule has 6 aromatic rings. The van der Waals surface area contributed by atoms with Crippen molar-refractivity contribution in [2.45, 2.75) is 80.3 Å². The summed E-state index contributed by atoms with van der Waals surface area (Å²) in [6.45, 7) is 2.26. The zero-order valence-corrected chi connectivity index (χ0v) is 54.7. The van der Waals surface area contributed by atoms with Crippen molar-refractivity contribution < 1.29 is 92.6 Å². The van der Waals surface area contributed by atoms with Crippen LogP contribution in [-0.4, -0.2) is 159 Å². The van der Waals surface area contributed by atoms with E-state index in [-0.39, 0.29) is 155 Å². The fourth-order valence-electron chi connectivity index (χ4n) is 12.1. The van der Waals surface area contributed by atoms with Crippen molar-refractivity contribution >= 4 is 92.3 Å². The van der Waals surface area contributed by atoms with Crippen molar-refractivity contribution in [2.75, 3.05) is 86.6 Å². The minimum atomic E-state index is -4.79. The third-order valence-corrected chi connectivity index (χ3v) is 21.2. The number of nitrogens with zero attached hydrogens (tertiary/aromatic N) is 4. The van der Waals surface area contributed by atoms with Gasteiger partial charge in [-0.25, -0.2) is 0 Å². The minimum Gasteiger partial charge on any atom is -0.493 e. The highest BCUT2D eigenvalue weighted by molar-refractivity contribution is 7.86. The van der Waals surface area contributed by atoms with Gasteiger partial charge in [0, 0.05) is 48.8 Å². The van der Waals surface area contributed by atoms with Crippen molar-refractivity contribution in [3.8, 4) is 34.5 Å². The molecule has 1 fully saturated rings. The van der Waals surface area contributed by atoms with Crippen molar-refractivity contribution in [3.05, 3.63) is 154 Å². The smallest absolute Gasteiger partial charge is 0.288 e. The number of methoxy groups -OCH3 is 2. The Bertz CT molecular complexity index is 4030. The lowest BCUT2D eigenvalue weighted by Crippen LogP contribution is -2.49. The number of amides is 4. The molecule has 0 radical (unpaired) electrons. The lowest BCUT2D eigenvalue weighted by atomic mass is 10.1. The summed E-state index contributed by atoms with van der Waals surface area (Å²) in [5.74, 6) is -0.288. The van der Waals surface area contributed by atoms with E-state index in [0.29, 0.717) is 39.7 Å². The van der Waals surface area contributed by atoms with Crippen molar-refractivity contribution in [3.63, 3.8) is 0 Å². The monoisotopic (exact) mass is 1370 g/mol. The molecular weight excluding hydrogens is 1300 g/mol. The van der Waals surface area contributed by atoms with Crippen LogP contribution in [0.2, 0.25) is 0 Å². The number of carbonyl (C=O) groups excluding carboxylic acids is 4. The number of oxime groups is 1. The number of imide groups is 1. The third kappa shape index (κ3) is 14.9. The summed E-state index contributed by atoms with van der Waals surface area (Å²) in [5.41, 5.74) is 5.23. The molecule has 1 saturated heterocycles. The standard InChI is InChI=1S/C64H69N6O20PS3/c1-38(67-90-19-9-25-91(75,76)24-8-18-68-59(71)35-58(92)64(68)74)41-14-16-44(17-15-41)86-22-20-85-21-23-87-45-27-39(36-88-56-33-48-46(31-54(56)83-2)62(72)69-50-12-6-4-10-42(50)29-52(69)60(65-48)93(77,78)79)26-40(28-45)37-89-57-34-49-47(32-55(57)84-3)63(73)70-51-13-7-5-11-43(51)30-53(70)61(66-49)94(80,81)82/h4-7,10-17,26-28,31-34,52-53,58,60-61,65-66,92H,8-9,18-25,29-30,35-37H2,1-3H3,(H,75,76)(H,77,78,79)(H,80,81,82)/b67-38+/t52-,53-,58?,60?,61?/m0/s1. The SMILES string of the molecule is COc1cc2c(cc1OCc1cc(COc3cc4c(cc3OC)C(=O)N3c5ccccc5C[C@H]3C(S(=O)(=O)O)N4)cc(OCCOCCOc3ccc(/C(C)=N/OCCCP(=O)(O)CCCN4C(=O)CC(S)C4=O)cc3)c1)NC(S(=O)(=O)O)[C@@H]1Cc3ccccc3N1C2=O. The number of ether oxygens (including phenoxy) is 7. The summed E-state index contributed by atoms with van der Waals surface area (Å²) in [7, 11) is -10.3. The summed E-state index contributed by atoms with van der Waals surface area (Å²) in [6, 6.07) is 30.2. The number of para-hydroxylation sites is 2. The minimum absolute atomic E-state index is 0.000365. The van der Waals surface area contributed by atoms with E-state index in [4.69, 9.17) is 38.0 Å². The van der Waals surface area contributed by atoms with Crippen LogP contribution in [0.5, 0.6) is 34.5 Å². The normalized spacial score (nSPS) is 19.7. The number of likely N-dealkylation sites (tertiary alicyclic amines) is 1. The first-order valence-corrected chi connectivity index (χ1v) is 35.6. The van der Waals surface area contributed by atoms with Gasteiger partial charge in [-0.1, -0.05) is 41.6 Å². The molecule has 4 amide bonds. The zero-order valence-electron chi connectivity index (χ0n) is 51.2. The molecule has 0 saturated carbocycles. The average molecular weight is 1370 g/mol. The number of carbonyl (C=O) groups is 4. The zero-order chi connectivity index (χ0) is 66.6. The predicted octanol–water partition coefficient (Wildman–Crippen LogP) is 7.61. The molecule has 6 atom stereocenters. The van der Waals surface area contributed by atoms with Gasteiger partial charge in [-0.3, -0.25) is 37.7 Å². The maximum atomic E-state index is 14.4. The quantitative estimate of drug-likeness (QED) is 0.00523. The van der Waals surface area contributed by atoms with E-state index in [1.54, 1.807) is 97.9 Å². The number of nitrogens with one attached hydrogen (secondary N) is 2. The number of hydrogen-bond donors (Lipinski definition) is 6. The first-order chi connectivity index (χ1) is 45.0. The molecule has 11 rings (SSSR count).